The monoisotopic (exact) mass is 310 g/mol. The highest BCUT2D eigenvalue weighted by atomic mass is 35.5. The molecule has 4 heteroatoms. The fraction of sp³-hybridized carbons (Fsp3) is 0.647. The number of ether oxygens (including phenoxy) is 1. The Bertz CT molecular complexity index is 464. The Hall–Kier alpha value is -0.770. The molecule has 0 radical (unpaired) electrons. The lowest BCUT2D eigenvalue weighted by molar-refractivity contribution is 0.165. The highest BCUT2D eigenvalue weighted by Gasteiger charge is 2.29. The van der Waals surface area contributed by atoms with Gasteiger partial charge in [0.05, 0.1) is 12.1 Å². The molecule has 1 heterocycles. The van der Waals surface area contributed by atoms with Crippen LogP contribution < -0.4 is 10.5 Å². The lowest BCUT2D eigenvalue weighted by Crippen LogP contribution is -2.41. The van der Waals surface area contributed by atoms with Gasteiger partial charge in [-0.25, -0.2) is 0 Å². The SMILES string of the molecule is COc1ccc(C2C(N)CCCCN2CC(C)C)cc1Cl. The van der Waals surface area contributed by atoms with Gasteiger partial charge in [0.25, 0.3) is 0 Å². The third kappa shape index (κ3) is 4.12. The molecule has 1 aromatic rings. The second-order valence-corrected chi connectivity index (χ2v) is 6.79. The van der Waals surface area contributed by atoms with Crippen molar-refractivity contribution in [2.75, 3.05) is 20.2 Å². The first-order chi connectivity index (χ1) is 10.0. The normalized spacial score (nSPS) is 24.1. The van der Waals surface area contributed by atoms with Crippen molar-refractivity contribution < 1.29 is 4.74 Å². The molecule has 1 saturated heterocycles. The second-order valence-electron chi connectivity index (χ2n) is 6.39. The van der Waals surface area contributed by atoms with E-state index in [1.54, 1.807) is 7.11 Å². The van der Waals surface area contributed by atoms with E-state index in [0.29, 0.717) is 10.9 Å². The van der Waals surface area contributed by atoms with E-state index >= 15 is 0 Å². The van der Waals surface area contributed by atoms with Crippen molar-refractivity contribution in [3.8, 4) is 5.75 Å². The molecular weight excluding hydrogens is 284 g/mol. The Morgan fingerprint density at radius 3 is 2.76 bits per heavy atom. The zero-order valence-electron chi connectivity index (χ0n) is 13.3. The fourth-order valence-corrected chi connectivity index (χ4v) is 3.53. The summed E-state index contributed by atoms with van der Waals surface area (Å²) in [4.78, 5) is 2.53. The van der Waals surface area contributed by atoms with Crippen LogP contribution in [0.5, 0.6) is 5.75 Å². The van der Waals surface area contributed by atoms with Gasteiger partial charge in [0.2, 0.25) is 0 Å². The molecule has 1 aliphatic rings. The van der Waals surface area contributed by atoms with Crippen molar-refractivity contribution in [2.45, 2.75) is 45.2 Å². The summed E-state index contributed by atoms with van der Waals surface area (Å²) in [6.45, 7) is 6.70. The third-order valence-corrected chi connectivity index (χ3v) is 4.44. The summed E-state index contributed by atoms with van der Waals surface area (Å²) in [7, 11) is 1.64. The van der Waals surface area contributed by atoms with Crippen molar-refractivity contribution in [3.05, 3.63) is 28.8 Å². The molecule has 0 aromatic heterocycles. The molecule has 0 saturated carbocycles. The topological polar surface area (TPSA) is 38.5 Å². The lowest BCUT2D eigenvalue weighted by Gasteiger charge is -2.35. The molecule has 0 aliphatic carbocycles. The number of hydrogen-bond donors (Lipinski definition) is 1. The molecule has 21 heavy (non-hydrogen) atoms. The Labute approximate surface area is 133 Å². The Morgan fingerprint density at radius 1 is 1.38 bits per heavy atom. The fourth-order valence-electron chi connectivity index (χ4n) is 3.26. The van der Waals surface area contributed by atoms with Crippen molar-refractivity contribution >= 4 is 11.6 Å². The Balaban J connectivity index is 2.31. The van der Waals surface area contributed by atoms with E-state index in [1.807, 2.05) is 12.1 Å². The van der Waals surface area contributed by atoms with Crippen molar-refractivity contribution in [3.63, 3.8) is 0 Å². The van der Waals surface area contributed by atoms with E-state index < -0.39 is 0 Å². The van der Waals surface area contributed by atoms with Gasteiger partial charge in [0.15, 0.2) is 0 Å². The standard InChI is InChI=1S/C17H27ClN2O/c1-12(2)11-20-9-5-4-6-15(19)17(20)13-7-8-16(21-3)14(18)10-13/h7-8,10,12,15,17H,4-6,9,11,19H2,1-3H3. The van der Waals surface area contributed by atoms with Gasteiger partial charge in [-0.2, -0.15) is 0 Å². The zero-order valence-corrected chi connectivity index (χ0v) is 14.1. The molecule has 2 atom stereocenters. The molecule has 2 rings (SSSR count). The van der Waals surface area contributed by atoms with Crippen molar-refractivity contribution in [1.29, 1.82) is 0 Å². The number of methoxy groups -OCH3 is 1. The predicted molar refractivity (Wildman–Crippen MR) is 89.0 cm³/mol. The number of rotatable bonds is 4. The van der Waals surface area contributed by atoms with Crippen LogP contribution in [0.3, 0.4) is 0 Å². The average molecular weight is 311 g/mol. The summed E-state index contributed by atoms with van der Waals surface area (Å²) >= 11 is 6.31. The maximum absolute atomic E-state index is 6.48. The van der Waals surface area contributed by atoms with Gasteiger partial charge >= 0.3 is 0 Å². The van der Waals surface area contributed by atoms with Crippen molar-refractivity contribution in [2.24, 2.45) is 11.7 Å². The first-order valence-corrected chi connectivity index (χ1v) is 8.23. The van der Waals surface area contributed by atoms with E-state index in [4.69, 9.17) is 22.1 Å². The van der Waals surface area contributed by atoms with Crippen LogP contribution in [0.15, 0.2) is 18.2 Å². The lowest BCUT2D eigenvalue weighted by atomic mass is 9.95. The molecule has 2 unspecified atom stereocenters. The highest BCUT2D eigenvalue weighted by molar-refractivity contribution is 6.32. The van der Waals surface area contributed by atoms with Gasteiger partial charge in [-0.05, 0) is 43.0 Å². The van der Waals surface area contributed by atoms with E-state index in [1.165, 1.54) is 18.4 Å². The van der Waals surface area contributed by atoms with Crippen LogP contribution >= 0.6 is 11.6 Å². The quantitative estimate of drug-likeness (QED) is 0.917. The first kappa shape index (κ1) is 16.6. The van der Waals surface area contributed by atoms with Crippen LogP contribution in [0, 0.1) is 5.92 Å². The van der Waals surface area contributed by atoms with Crippen LogP contribution in [0.1, 0.15) is 44.7 Å². The van der Waals surface area contributed by atoms with Crippen molar-refractivity contribution in [1.82, 2.24) is 4.90 Å². The summed E-state index contributed by atoms with van der Waals surface area (Å²) in [6.07, 6.45) is 3.50. The van der Waals surface area contributed by atoms with Gasteiger partial charge in [-0.1, -0.05) is 37.9 Å². The molecule has 0 spiro atoms. The number of likely N-dealkylation sites (tertiary alicyclic amines) is 1. The molecule has 118 valence electrons. The third-order valence-electron chi connectivity index (χ3n) is 4.15. The second kappa shape index (κ2) is 7.48. The van der Waals surface area contributed by atoms with Crippen LogP contribution in [0.25, 0.3) is 0 Å². The number of hydrogen-bond acceptors (Lipinski definition) is 3. The molecule has 1 fully saturated rings. The summed E-state index contributed by atoms with van der Waals surface area (Å²) in [5.41, 5.74) is 7.69. The highest BCUT2D eigenvalue weighted by Crippen LogP contribution is 2.34. The number of nitrogens with zero attached hydrogens (tertiary/aromatic N) is 1. The number of nitrogens with two attached hydrogens (primary N) is 1. The Morgan fingerprint density at radius 2 is 2.14 bits per heavy atom. The molecule has 3 nitrogen and oxygen atoms in total. The van der Waals surface area contributed by atoms with Crippen LogP contribution in [-0.4, -0.2) is 31.1 Å². The van der Waals surface area contributed by atoms with Gasteiger partial charge in [-0.3, -0.25) is 4.90 Å². The number of halogens is 1. The predicted octanol–water partition coefficient (Wildman–Crippen LogP) is 3.86. The minimum atomic E-state index is 0.163. The number of benzene rings is 1. The zero-order chi connectivity index (χ0) is 15.4. The van der Waals surface area contributed by atoms with Gasteiger partial charge in [0, 0.05) is 18.6 Å². The summed E-state index contributed by atoms with van der Waals surface area (Å²) in [5, 5.41) is 0.663. The smallest absolute Gasteiger partial charge is 0.137 e. The average Bonchev–Trinajstić information content (AvgIpc) is 2.60. The van der Waals surface area contributed by atoms with E-state index in [-0.39, 0.29) is 12.1 Å². The first-order valence-electron chi connectivity index (χ1n) is 7.86. The van der Waals surface area contributed by atoms with Crippen LogP contribution in [0.4, 0.5) is 0 Å². The Kier molecular flexibility index (Phi) is 5.91. The molecule has 0 bridgehead atoms. The van der Waals surface area contributed by atoms with Gasteiger partial charge in [-0.15, -0.1) is 0 Å². The van der Waals surface area contributed by atoms with Crippen LogP contribution in [-0.2, 0) is 0 Å². The van der Waals surface area contributed by atoms with E-state index in [0.717, 1.165) is 25.3 Å². The summed E-state index contributed by atoms with van der Waals surface area (Å²) < 4.78 is 5.25. The molecule has 0 amide bonds. The molecule has 1 aliphatic heterocycles. The van der Waals surface area contributed by atoms with Gasteiger partial charge in [0.1, 0.15) is 5.75 Å². The molecule has 1 aromatic carbocycles. The van der Waals surface area contributed by atoms with Crippen LogP contribution in [0.2, 0.25) is 5.02 Å². The van der Waals surface area contributed by atoms with E-state index in [2.05, 4.69) is 24.8 Å². The minimum absolute atomic E-state index is 0.163. The van der Waals surface area contributed by atoms with Gasteiger partial charge < -0.3 is 10.5 Å². The maximum atomic E-state index is 6.48. The maximum Gasteiger partial charge on any atom is 0.137 e. The minimum Gasteiger partial charge on any atom is -0.495 e. The summed E-state index contributed by atoms with van der Waals surface area (Å²) in [6, 6.07) is 6.48. The molecular formula is C17H27ClN2O. The molecule has 2 N–H and O–H groups in total. The van der Waals surface area contributed by atoms with E-state index in [9.17, 15) is 0 Å². The summed E-state index contributed by atoms with van der Waals surface area (Å²) in [5.74, 6) is 1.35. The largest absolute Gasteiger partial charge is 0.495 e.